The van der Waals surface area contributed by atoms with Gasteiger partial charge in [-0.1, -0.05) is 22.0 Å². The molecule has 1 aromatic carbocycles. The zero-order valence-corrected chi connectivity index (χ0v) is 15.1. The summed E-state index contributed by atoms with van der Waals surface area (Å²) in [6, 6.07) is 5.59. The summed E-state index contributed by atoms with van der Waals surface area (Å²) >= 11 is 3.34. The summed E-state index contributed by atoms with van der Waals surface area (Å²) in [5.41, 5.74) is 6.77. The number of hydrogen-bond donors (Lipinski definition) is 4. The van der Waals surface area contributed by atoms with Crippen molar-refractivity contribution in [3.05, 3.63) is 28.2 Å². The third kappa shape index (κ3) is 8.53. The second-order valence-corrected chi connectivity index (χ2v) is 5.50. The molecule has 0 radical (unpaired) electrons. The molecule has 9 heteroatoms. The monoisotopic (exact) mass is 406 g/mol. The largest absolute Gasteiger partial charge is 0.354 e. The predicted molar refractivity (Wildman–Crippen MR) is 94.4 cm³/mol. The van der Waals surface area contributed by atoms with Gasteiger partial charge in [-0.25, -0.2) is 0 Å². The van der Waals surface area contributed by atoms with E-state index in [0.29, 0.717) is 0 Å². The van der Waals surface area contributed by atoms with Crippen LogP contribution in [0.5, 0.6) is 0 Å². The summed E-state index contributed by atoms with van der Waals surface area (Å²) in [4.78, 5) is 34.1. The van der Waals surface area contributed by atoms with Crippen LogP contribution in [-0.2, 0) is 14.4 Å². The highest BCUT2D eigenvalue weighted by Gasteiger charge is 2.07. The van der Waals surface area contributed by atoms with Gasteiger partial charge in [0, 0.05) is 23.1 Å². The Morgan fingerprint density at radius 1 is 1.13 bits per heavy atom. The normalized spacial score (nSPS) is 9.52. The van der Waals surface area contributed by atoms with E-state index < -0.39 is 5.91 Å². The highest BCUT2D eigenvalue weighted by atomic mass is 79.9. The van der Waals surface area contributed by atoms with Crippen LogP contribution >= 0.6 is 28.3 Å². The number of anilines is 1. The number of rotatable bonds is 7. The lowest BCUT2D eigenvalue weighted by Crippen LogP contribution is -2.40. The van der Waals surface area contributed by atoms with Gasteiger partial charge in [-0.05, 0) is 24.6 Å². The second kappa shape index (κ2) is 11.0. The molecule has 0 spiro atoms. The molecule has 0 bridgehead atoms. The van der Waals surface area contributed by atoms with Gasteiger partial charge in [-0.3, -0.25) is 14.4 Å². The first kappa shape index (κ1) is 21.4. The average Bonchev–Trinajstić information content (AvgIpc) is 2.48. The Labute approximate surface area is 149 Å². The minimum Gasteiger partial charge on any atom is -0.354 e. The maximum Gasteiger partial charge on any atom is 0.239 e. The fraction of sp³-hybridized carbons (Fsp3) is 0.357. The maximum absolute atomic E-state index is 11.8. The van der Waals surface area contributed by atoms with Gasteiger partial charge in [-0.15, -0.1) is 12.4 Å². The smallest absolute Gasteiger partial charge is 0.239 e. The van der Waals surface area contributed by atoms with Crippen molar-refractivity contribution in [3.8, 4) is 0 Å². The first-order valence-corrected chi connectivity index (χ1v) is 7.51. The highest BCUT2D eigenvalue weighted by Crippen LogP contribution is 2.20. The minimum absolute atomic E-state index is 0. The van der Waals surface area contributed by atoms with Gasteiger partial charge in [0.25, 0.3) is 0 Å². The molecule has 1 aromatic rings. The molecule has 0 saturated carbocycles. The molecular weight excluding hydrogens is 388 g/mol. The van der Waals surface area contributed by atoms with Crippen LogP contribution in [0.2, 0.25) is 0 Å². The number of amides is 3. The SMILES string of the molecule is Cc1ccc(Br)cc1NC(=O)CCNC(=O)CNC(=O)CN.Cl. The molecule has 1 rings (SSSR count). The number of benzene rings is 1. The number of nitrogens with one attached hydrogen (secondary N) is 3. The zero-order chi connectivity index (χ0) is 16.5. The fourth-order valence-corrected chi connectivity index (χ4v) is 1.93. The standard InChI is InChI=1S/C14H19BrN4O3.ClH/c1-9-2-3-10(15)6-11(9)19-12(20)4-5-17-14(22)8-18-13(21)7-16;/h2-3,6H,4-5,7-8,16H2,1H3,(H,17,22)(H,18,21)(H,19,20);1H. The van der Waals surface area contributed by atoms with Crippen molar-refractivity contribution in [2.45, 2.75) is 13.3 Å². The van der Waals surface area contributed by atoms with Crippen molar-refractivity contribution in [2.75, 3.05) is 25.0 Å². The van der Waals surface area contributed by atoms with E-state index in [1.165, 1.54) is 0 Å². The van der Waals surface area contributed by atoms with Crippen LogP contribution in [0.4, 0.5) is 5.69 Å². The van der Waals surface area contributed by atoms with Crippen LogP contribution in [0.3, 0.4) is 0 Å². The topological polar surface area (TPSA) is 113 Å². The van der Waals surface area contributed by atoms with Crippen LogP contribution in [0, 0.1) is 6.92 Å². The molecule has 0 saturated heterocycles. The molecule has 0 atom stereocenters. The van der Waals surface area contributed by atoms with Crippen molar-refractivity contribution in [1.29, 1.82) is 0 Å². The molecule has 0 aliphatic carbocycles. The van der Waals surface area contributed by atoms with E-state index in [-0.39, 0.29) is 50.3 Å². The van der Waals surface area contributed by atoms with Crippen LogP contribution in [0.15, 0.2) is 22.7 Å². The lowest BCUT2D eigenvalue weighted by atomic mass is 10.2. The molecule has 7 nitrogen and oxygen atoms in total. The van der Waals surface area contributed by atoms with E-state index >= 15 is 0 Å². The quantitative estimate of drug-likeness (QED) is 0.533. The number of aryl methyl sites for hydroxylation is 1. The van der Waals surface area contributed by atoms with E-state index in [4.69, 9.17) is 5.73 Å². The van der Waals surface area contributed by atoms with Crippen molar-refractivity contribution in [3.63, 3.8) is 0 Å². The molecule has 0 aromatic heterocycles. The van der Waals surface area contributed by atoms with Crippen molar-refractivity contribution >= 4 is 51.7 Å². The van der Waals surface area contributed by atoms with Crippen LogP contribution in [-0.4, -0.2) is 37.4 Å². The molecule has 3 amide bonds. The first-order chi connectivity index (χ1) is 10.4. The molecule has 128 valence electrons. The summed E-state index contributed by atoms with van der Waals surface area (Å²) in [6.07, 6.45) is 0.141. The van der Waals surface area contributed by atoms with Gasteiger partial charge in [0.2, 0.25) is 17.7 Å². The molecule has 0 aliphatic heterocycles. The van der Waals surface area contributed by atoms with Crippen molar-refractivity contribution < 1.29 is 14.4 Å². The van der Waals surface area contributed by atoms with Gasteiger partial charge in [-0.2, -0.15) is 0 Å². The molecule has 0 aliphatic rings. The Morgan fingerprint density at radius 2 is 1.83 bits per heavy atom. The average molecular weight is 408 g/mol. The number of nitrogens with two attached hydrogens (primary N) is 1. The highest BCUT2D eigenvalue weighted by molar-refractivity contribution is 9.10. The number of carbonyl (C=O) groups excluding carboxylic acids is 3. The second-order valence-electron chi connectivity index (χ2n) is 4.59. The minimum atomic E-state index is -0.405. The van der Waals surface area contributed by atoms with Gasteiger partial charge in [0.05, 0.1) is 13.1 Å². The molecule has 0 unspecified atom stereocenters. The first-order valence-electron chi connectivity index (χ1n) is 6.72. The number of halogens is 2. The third-order valence-electron chi connectivity index (χ3n) is 2.78. The molecule has 0 heterocycles. The molecule has 5 N–H and O–H groups in total. The Bertz CT molecular complexity index is 569. The van der Waals surface area contributed by atoms with Crippen molar-refractivity contribution in [2.24, 2.45) is 5.73 Å². The van der Waals surface area contributed by atoms with E-state index in [1.54, 1.807) is 0 Å². The van der Waals surface area contributed by atoms with E-state index in [0.717, 1.165) is 15.7 Å². The van der Waals surface area contributed by atoms with Gasteiger partial charge in [0.15, 0.2) is 0 Å². The molecule has 23 heavy (non-hydrogen) atoms. The fourth-order valence-electron chi connectivity index (χ4n) is 1.57. The Balaban J connectivity index is 0.00000484. The Kier molecular flexibility index (Phi) is 10.2. The summed E-state index contributed by atoms with van der Waals surface area (Å²) in [6.45, 7) is 1.77. The Morgan fingerprint density at radius 3 is 2.48 bits per heavy atom. The Hall–Kier alpha value is -1.64. The maximum atomic E-state index is 11.8. The third-order valence-corrected chi connectivity index (χ3v) is 3.27. The number of hydrogen-bond acceptors (Lipinski definition) is 4. The lowest BCUT2D eigenvalue weighted by Gasteiger charge is -2.09. The summed E-state index contributed by atoms with van der Waals surface area (Å²) in [5, 5.41) is 7.66. The van der Waals surface area contributed by atoms with Gasteiger partial charge < -0.3 is 21.7 Å². The van der Waals surface area contributed by atoms with Crippen LogP contribution < -0.4 is 21.7 Å². The number of carbonyl (C=O) groups is 3. The lowest BCUT2D eigenvalue weighted by molar-refractivity contribution is -0.125. The molecule has 0 fully saturated rings. The molecular formula is C14H20BrClN4O3. The van der Waals surface area contributed by atoms with Crippen molar-refractivity contribution in [1.82, 2.24) is 10.6 Å². The van der Waals surface area contributed by atoms with Gasteiger partial charge >= 0.3 is 0 Å². The summed E-state index contributed by atoms with van der Waals surface area (Å²) in [5.74, 6) is -0.973. The summed E-state index contributed by atoms with van der Waals surface area (Å²) in [7, 11) is 0. The van der Waals surface area contributed by atoms with E-state index in [2.05, 4.69) is 31.9 Å². The van der Waals surface area contributed by atoms with Crippen LogP contribution in [0.25, 0.3) is 0 Å². The zero-order valence-electron chi connectivity index (χ0n) is 12.6. The van der Waals surface area contributed by atoms with Gasteiger partial charge in [0.1, 0.15) is 0 Å². The van der Waals surface area contributed by atoms with E-state index in [9.17, 15) is 14.4 Å². The summed E-state index contributed by atoms with van der Waals surface area (Å²) < 4.78 is 0.873. The van der Waals surface area contributed by atoms with Crippen LogP contribution in [0.1, 0.15) is 12.0 Å². The predicted octanol–water partition coefficient (Wildman–Crippen LogP) is 0.699. The van der Waals surface area contributed by atoms with E-state index in [1.807, 2.05) is 25.1 Å².